The third-order valence-electron chi connectivity index (χ3n) is 5.12. The van der Waals surface area contributed by atoms with Gasteiger partial charge >= 0.3 is 7.60 Å². The van der Waals surface area contributed by atoms with E-state index in [4.69, 9.17) is 14.5 Å². The Morgan fingerprint density at radius 1 is 1.34 bits per heavy atom. The predicted molar refractivity (Wildman–Crippen MR) is 107 cm³/mol. The Kier molecular flexibility index (Phi) is 6.36. The van der Waals surface area contributed by atoms with Crippen molar-refractivity contribution in [3.05, 3.63) is 22.6 Å². The second-order valence-electron chi connectivity index (χ2n) is 7.37. The summed E-state index contributed by atoms with van der Waals surface area (Å²) in [4.78, 5) is 48.7. The Labute approximate surface area is 167 Å². The number of hydrogen-bond acceptors (Lipinski definition) is 7. The van der Waals surface area contributed by atoms with Gasteiger partial charge in [-0.3, -0.25) is 14.2 Å². The van der Waals surface area contributed by atoms with Crippen LogP contribution < -0.4 is 15.2 Å². The number of pyridine rings is 1. The summed E-state index contributed by atoms with van der Waals surface area (Å²) in [7, 11) is -2.52. The van der Waals surface area contributed by atoms with E-state index >= 15 is 0 Å². The molecule has 0 atom stereocenters. The molecule has 3 rings (SSSR count). The molecule has 1 aliphatic rings. The number of hydrogen-bond donors (Lipinski definition) is 2. The van der Waals surface area contributed by atoms with Crippen molar-refractivity contribution in [2.45, 2.75) is 32.7 Å². The summed E-state index contributed by atoms with van der Waals surface area (Å²) in [5.41, 5.74) is -0.426. The molecule has 29 heavy (non-hydrogen) atoms. The van der Waals surface area contributed by atoms with Crippen LogP contribution in [0.5, 0.6) is 5.88 Å². The molecule has 0 aromatic carbocycles. The number of carbonyl (C=O) groups excluding carboxylic acids is 1. The summed E-state index contributed by atoms with van der Waals surface area (Å²) < 4.78 is 17.5. The Hall–Kier alpha value is -2.29. The van der Waals surface area contributed by atoms with Gasteiger partial charge in [-0.1, -0.05) is 0 Å². The molecule has 1 saturated heterocycles. The Morgan fingerprint density at radius 3 is 2.62 bits per heavy atom. The van der Waals surface area contributed by atoms with Gasteiger partial charge in [-0.15, -0.1) is 0 Å². The van der Waals surface area contributed by atoms with Crippen molar-refractivity contribution < 1.29 is 23.9 Å². The summed E-state index contributed by atoms with van der Waals surface area (Å²) in [6, 6.07) is 1.78. The molecule has 158 valence electrons. The first-order valence-corrected chi connectivity index (χ1v) is 11.2. The number of ketones is 1. The average Bonchev–Trinajstić information content (AvgIpc) is 2.67. The standard InChI is InChI=1S/C18H25N4O6P/c1-12(23)11-22-18(24)16-14(10-19-22)9-15(20-17(16)28-2)21-6-3-13(4-7-21)5-8-29(25,26)27/h9-10,13H,3-8,11H2,1-2H3,(H2,25,26,27). The van der Waals surface area contributed by atoms with Gasteiger partial charge in [0, 0.05) is 18.5 Å². The van der Waals surface area contributed by atoms with Crippen LogP contribution in [0.4, 0.5) is 5.82 Å². The molecule has 1 fully saturated rings. The van der Waals surface area contributed by atoms with Crippen LogP contribution in [0.15, 0.2) is 17.1 Å². The van der Waals surface area contributed by atoms with Crippen molar-refractivity contribution in [1.29, 1.82) is 0 Å². The highest BCUT2D eigenvalue weighted by Gasteiger charge is 2.24. The van der Waals surface area contributed by atoms with Gasteiger partial charge in [0.25, 0.3) is 5.56 Å². The molecule has 0 aliphatic carbocycles. The molecule has 2 N–H and O–H groups in total. The highest BCUT2D eigenvalue weighted by Crippen LogP contribution is 2.38. The molecule has 0 amide bonds. The Balaban J connectivity index is 1.82. The summed E-state index contributed by atoms with van der Waals surface area (Å²) in [5, 5.41) is 4.94. The summed E-state index contributed by atoms with van der Waals surface area (Å²) >= 11 is 0. The van der Waals surface area contributed by atoms with E-state index < -0.39 is 13.2 Å². The molecule has 0 bridgehead atoms. The van der Waals surface area contributed by atoms with Crippen molar-refractivity contribution in [2.75, 3.05) is 31.3 Å². The first-order valence-electron chi connectivity index (χ1n) is 9.42. The number of aromatic nitrogens is 3. The van der Waals surface area contributed by atoms with Gasteiger partial charge in [-0.05, 0) is 38.2 Å². The lowest BCUT2D eigenvalue weighted by Crippen LogP contribution is -2.34. The van der Waals surface area contributed by atoms with Crippen LogP contribution >= 0.6 is 7.60 Å². The molecule has 10 nitrogen and oxygen atoms in total. The maximum atomic E-state index is 12.7. The predicted octanol–water partition coefficient (Wildman–Crippen LogP) is 1.17. The fourth-order valence-electron chi connectivity index (χ4n) is 3.59. The molecule has 1 aliphatic heterocycles. The highest BCUT2D eigenvalue weighted by molar-refractivity contribution is 7.51. The molecule has 3 heterocycles. The van der Waals surface area contributed by atoms with Gasteiger partial charge < -0.3 is 19.4 Å². The maximum Gasteiger partial charge on any atom is 0.325 e. The number of nitrogens with zero attached hydrogens (tertiary/aromatic N) is 4. The minimum absolute atomic E-state index is 0.0854. The summed E-state index contributed by atoms with van der Waals surface area (Å²) in [5.74, 6) is 0.935. The van der Waals surface area contributed by atoms with Gasteiger partial charge in [0.2, 0.25) is 5.88 Å². The minimum Gasteiger partial charge on any atom is -0.480 e. The molecule has 0 unspecified atom stereocenters. The number of Topliss-reactive ketones (excluding diaryl/α,β-unsaturated/α-hetero) is 1. The normalized spacial score (nSPS) is 15.7. The second-order valence-corrected chi connectivity index (χ2v) is 9.15. The zero-order valence-electron chi connectivity index (χ0n) is 16.4. The smallest absolute Gasteiger partial charge is 0.325 e. The van der Waals surface area contributed by atoms with E-state index in [0.29, 0.717) is 30.7 Å². The van der Waals surface area contributed by atoms with Crippen molar-refractivity contribution in [3.8, 4) is 5.88 Å². The number of piperidine rings is 1. The van der Waals surface area contributed by atoms with Crippen molar-refractivity contribution in [3.63, 3.8) is 0 Å². The van der Waals surface area contributed by atoms with Crippen LogP contribution in [-0.4, -0.2) is 56.7 Å². The number of fused-ring (bicyclic) bond motifs is 1. The quantitative estimate of drug-likeness (QED) is 0.628. The zero-order chi connectivity index (χ0) is 21.2. The molecule has 2 aromatic rings. The van der Waals surface area contributed by atoms with E-state index in [-0.39, 0.29) is 35.7 Å². The lowest BCUT2D eigenvalue weighted by Gasteiger charge is -2.33. The van der Waals surface area contributed by atoms with Gasteiger partial charge in [0.1, 0.15) is 17.7 Å². The van der Waals surface area contributed by atoms with Crippen LogP contribution in [0.2, 0.25) is 0 Å². The van der Waals surface area contributed by atoms with Gasteiger partial charge in [-0.2, -0.15) is 10.1 Å². The zero-order valence-corrected chi connectivity index (χ0v) is 17.3. The number of methoxy groups -OCH3 is 1. The summed E-state index contributed by atoms with van der Waals surface area (Å²) in [6.45, 7) is 2.67. The Bertz CT molecular complexity index is 1010. The van der Waals surface area contributed by atoms with Crippen LogP contribution in [-0.2, 0) is 15.9 Å². The van der Waals surface area contributed by atoms with Crippen molar-refractivity contribution >= 4 is 30.0 Å². The Morgan fingerprint density at radius 2 is 2.03 bits per heavy atom. The lowest BCUT2D eigenvalue weighted by molar-refractivity contribution is -0.117. The fourth-order valence-corrected chi connectivity index (χ4v) is 4.29. The molecular weight excluding hydrogens is 399 g/mol. The maximum absolute atomic E-state index is 12.7. The third kappa shape index (κ3) is 5.20. The third-order valence-corrected chi connectivity index (χ3v) is 5.96. The van der Waals surface area contributed by atoms with E-state index in [0.717, 1.165) is 17.5 Å². The van der Waals surface area contributed by atoms with E-state index in [9.17, 15) is 14.2 Å². The number of carbonyl (C=O) groups is 1. The molecular formula is C18H25N4O6P. The number of ether oxygens (including phenoxy) is 1. The number of rotatable bonds is 7. The summed E-state index contributed by atoms with van der Waals surface area (Å²) in [6.07, 6.45) is 3.56. The molecule has 0 spiro atoms. The van der Waals surface area contributed by atoms with Crippen LogP contribution in [0.25, 0.3) is 10.8 Å². The van der Waals surface area contributed by atoms with E-state index in [1.807, 2.05) is 0 Å². The van der Waals surface area contributed by atoms with Crippen LogP contribution in [0.1, 0.15) is 26.2 Å². The highest BCUT2D eigenvalue weighted by atomic mass is 31.2. The van der Waals surface area contributed by atoms with Crippen LogP contribution in [0, 0.1) is 5.92 Å². The van der Waals surface area contributed by atoms with Crippen molar-refractivity contribution in [1.82, 2.24) is 14.8 Å². The largest absolute Gasteiger partial charge is 0.480 e. The molecule has 0 saturated carbocycles. The molecule has 11 heteroatoms. The molecule has 2 aromatic heterocycles. The van der Waals surface area contributed by atoms with Gasteiger partial charge in [0.15, 0.2) is 5.78 Å². The van der Waals surface area contributed by atoms with Crippen LogP contribution in [0.3, 0.4) is 0 Å². The number of anilines is 1. The first-order chi connectivity index (χ1) is 13.7. The SMILES string of the molecule is COc1nc(N2CCC(CCP(=O)(O)O)CC2)cc2cnn(CC(C)=O)c(=O)c12. The van der Waals surface area contributed by atoms with Crippen molar-refractivity contribution in [2.24, 2.45) is 5.92 Å². The molecule has 0 radical (unpaired) electrons. The van der Waals surface area contributed by atoms with E-state index in [1.54, 1.807) is 6.07 Å². The first kappa shape index (κ1) is 21.4. The second kappa shape index (κ2) is 8.61. The monoisotopic (exact) mass is 424 g/mol. The minimum atomic E-state index is -3.96. The fraction of sp³-hybridized carbons (Fsp3) is 0.556. The topological polar surface area (TPSA) is 135 Å². The van der Waals surface area contributed by atoms with E-state index in [1.165, 1.54) is 20.2 Å². The van der Waals surface area contributed by atoms with Gasteiger partial charge in [0.05, 0.1) is 19.5 Å². The average molecular weight is 424 g/mol. The lowest BCUT2D eigenvalue weighted by atomic mass is 9.94. The van der Waals surface area contributed by atoms with Gasteiger partial charge in [-0.25, -0.2) is 4.68 Å². The van der Waals surface area contributed by atoms with E-state index in [2.05, 4.69) is 15.0 Å².